The van der Waals surface area contributed by atoms with Crippen molar-refractivity contribution in [1.29, 1.82) is 0 Å². The van der Waals surface area contributed by atoms with Gasteiger partial charge in [-0.3, -0.25) is 0 Å². The highest BCUT2D eigenvalue weighted by Gasteiger charge is 2.23. The molecule has 0 spiro atoms. The molecule has 0 aliphatic heterocycles. The lowest BCUT2D eigenvalue weighted by molar-refractivity contribution is 0.594. The summed E-state index contributed by atoms with van der Waals surface area (Å²) in [6, 6.07) is 7.34. The number of fused-ring (bicyclic) bond motifs is 3. The fourth-order valence-corrected chi connectivity index (χ4v) is 3.45. The summed E-state index contributed by atoms with van der Waals surface area (Å²) in [4.78, 5) is 0. The molecule has 1 nitrogen and oxygen atoms in total. The normalized spacial score (nSPS) is 20.2. The molecule has 0 bridgehead atoms. The second kappa shape index (κ2) is 3.07. The molecular formula is C12H13NS. The lowest BCUT2D eigenvalue weighted by Crippen LogP contribution is -2.12. The Morgan fingerprint density at radius 3 is 3.14 bits per heavy atom. The summed E-state index contributed by atoms with van der Waals surface area (Å²) in [6.07, 6.45) is 2.48. The van der Waals surface area contributed by atoms with Crippen LogP contribution in [-0.4, -0.2) is 7.05 Å². The summed E-state index contributed by atoms with van der Waals surface area (Å²) < 4.78 is 1.49. The smallest absolute Gasteiger partial charge is 0.0393 e. The summed E-state index contributed by atoms with van der Waals surface area (Å²) in [5.74, 6) is 0. The zero-order valence-electron chi connectivity index (χ0n) is 8.21. The predicted octanol–water partition coefficient (Wildman–Crippen LogP) is 3.11. The van der Waals surface area contributed by atoms with Crippen LogP contribution >= 0.6 is 11.3 Å². The molecule has 1 aromatic heterocycles. The van der Waals surface area contributed by atoms with Crippen LogP contribution in [0.5, 0.6) is 0 Å². The van der Waals surface area contributed by atoms with Gasteiger partial charge >= 0.3 is 0 Å². The number of thiophene rings is 1. The maximum absolute atomic E-state index is 3.41. The van der Waals surface area contributed by atoms with Crippen molar-refractivity contribution in [3.05, 3.63) is 34.7 Å². The van der Waals surface area contributed by atoms with Crippen molar-refractivity contribution in [3.8, 4) is 0 Å². The van der Waals surface area contributed by atoms with Crippen LogP contribution in [0.15, 0.2) is 23.6 Å². The Morgan fingerprint density at radius 2 is 2.29 bits per heavy atom. The van der Waals surface area contributed by atoms with Crippen LogP contribution in [-0.2, 0) is 6.42 Å². The molecule has 3 rings (SSSR count). The summed E-state index contributed by atoms with van der Waals surface area (Å²) in [7, 11) is 2.06. The van der Waals surface area contributed by atoms with Crippen LogP contribution < -0.4 is 5.32 Å². The number of nitrogens with one attached hydrogen (secondary N) is 1. The van der Waals surface area contributed by atoms with Crippen molar-refractivity contribution in [3.63, 3.8) is 0 Å². The van der Waals surface area contributed by atoms with Crippen molar-refractivity contribution < 1.29 is 0 Å². The van der Waals surface area contributed by atoms with E-state index in [4.69, 9.17) is 0 Å². The van der Waals surface area contributed by atoms with Crippen molar-refractivity contribution in [2.45, 2.75) is 18.9 Å². The number of rotatable bonds is 1. The Balaban J connectivity index is 2.32. The number of hydrogen-bond donors (Lipinski definition) is 1. The average Bonchev–Trinajstić information content (AvgIpc) is 2.82. The minimum Gasteiger partial charge on any atom is -0.313 e. The summed E-state index contributed by atoms with van der Waals surface area (Å²) in [5.41, 5.74) is 3.10. The lowest BCUT2D eigenvalue weighted by atomic mass is 10.1. The van der Waals surface area contributed by atoms with Gasteiger partial charge in [0.25, 0.3) is 0 Å². The van der Waals surface area contributed by atoms with Gasteiger partial charge < -0.3 is 5.32 Å². The first-order valence-corrected chi connectivity index (χ1v) is 5.94. The molecule has 14 heavy (non-hydrogen) atoms. The number of aryl methyl sites for hydroxylation is 1. The summed E-state index contributed by atoms with van der Waals surface area (Å²) >= 11 is 1.87. The van der Waals surface area contributed by atoms with E-state index in [0.717, 1.165) is 0 Å². The van der Waals surface area contributed by atoms with Crippen LogP contribution in [0, 0.1) is 0 Å². The predicted molar refractivity (Wildman–Crippen MR) is 61.9 cm³/mol. The summed E-state index contributed by atoms with van der Waals surface area (Å²) in [5, 5.41) is 7.00. The van der Waals surface area contributed by atoms with Gasteiger partial charge in [0.05, 0.1) is 0 Å². The lowest BCUT2D eigenvalue weighted by Gasteiger charge is -2.10. The third-order valence-electron chi connectivity index (χ3n) is 3.15. The van der Waals surface area contributed by atoms with E-state index >= 15 is 0 Å². The van der Waals surface area contributed by atoms with E-state index in [1.807, 2.05) is 11.3 Å². The Hall–Kier alpha value is -0.860. The van der Waals surface area contributed by atoms with Crippen LogP contribution in [0.4, 0.5) is 0 Å². The van der Waals surface area contributed by atoms with Gasteiger partial charge in [0.15, 0.2) is 0 Å². The highest BCUT2D eigenvalue weighted by atomic mass is 32.1. The van der Waals surface area contributed by atoms with Gasteiger partial charge in [-0.05, 0) is 47.8 Å². The first-order chi connectivity index (χ1) is 6.90. The number of benzene rings is 1. The molecule has 0 saturated heterocycles. The topological polar surface area (TPSA) is 12.0 Å². The van der Waals surface area contributed by atoms with Gasteiger partial charge in [0.1, 0.15) is 0 Å². The molecule has 0 fully saturated rings. The Bertz CT molecular complexity index is 472. The van der Waals surface area contributed by atoms with Gasteiger partial charge in [0.2, 0.25) is 0 Å². The van der Waals surface area contributed by atoms with Crippen molar-refractivity contribution in [1.82, 2.24) is 5.32 Å². The van der Waals surface area contributed by atoms with Gasteiger partial charge in [-0.2, -0.15) is 0 Å². The van der Waals surface area contributed by atoms with Crippen molar-refractivity contribution >= 4 is 21.4 Å². The monoisotopic (exact) mass is 203 g/mol. The molecule has 0 radical (unpaired) electrons. The van der Waals surface area contributed by atoms with Crippen LogP contribution in [0.2, 0.25) is 0 Å². The van der Waals surface area contributed by atoms with Gasteiger partial charge in [-0.15, -0.1) is 11.3 Å². The van der Waals surface area contributed by atoms with E-state index in [1.165, 1.54) is 22.9 Å². The maximum Gasteiger partial charge on any atom is 0.0393 e. The Morgan fingerprint density at radius 1 is 1.36 bits per heavy atom. The van der Waals surface area contributed by atoms with E-state index < -0.39 is 0 Å². The molecule has 1 aliphatic carbocycles. The largest absolute Gasteiger partial charge is 0.313 e. The molecule has 0 amide bonds. The fraction of sp³-hybridized carbons (Fsp3) is 0.333. The summed E-state index contributed by atoms with van der Waals surface area (Å²) in [6.45, 7) is 0. The zero-order valence-corrected chi connectivity index (χ0v) is 9.03. The molecule has 2 aromatic rings. The molecule has 1 heterocycles. The molecule has 1 N–H and O–H groups in total. The SMILES string of the molecule is CNC1CCc2ccc3ccsc3c21. The third kappa shape index (κ3) is 1.04. The van der Waals surface area contributed by atoms with Crippen LogP contribution in [0.3, 0.4) is 0 Å². The average molecular weight is 203 g/mol. The van der Waals surface area contributed by atoms with E-state index in [2.05, 4.69) is 35.9 Å². The molecule has 1 aliphatic rings. The Kier molecular flexibility index (Phi) is 1.85. The zero-order chi connectivity index (χ0) is 9.54. The van der Waals surface area contributed by atoms with Gasteiger partial charge in [0, 0.05) is 10.7 Å². The molecule has 1 unspecified atom stereocenters. The first kappa shape index (κ1) is 8.45. The molecule has 2 heteroatoms. The second-order valence-electron chi connectivity index (χ2n) is 3.86. The highest BCUT2D eigenvalue weighted by molar-refractivity contribution is 7.17. The first-order valence-electron chi connectivity index (χ1n) is 5.06. The van der Waals surface area contributed by atoms with Crippen LogP contribution in [0.1, 0.15) is 23.6 Å². The minimum atomic E-state index is 0.576. The fourth-order valence-electron chi connectivity index (χ4n) is 2.43. The van der Waals surface area contributed by atoms with E-state index in [-0.39, 0.29) is 0 Å². The highest BCUT2D eigenvalue weighted by Crippen LogP contribution is 2.38. The molecule has 1 aromatic carbocycles. The molecule has 0 saturated carbocycles. The van der Waals surface area contributed by atoms with Crippen molar-refractivity contribution in [2.24, 2.45) is 0 Å². The number of hydrogen-bond acceptors (Lipinski definition) is 2. The van der Waals surface area contributed by atoms with Gasteiger partial charge in [-0.25, -0.2) is 0 Å². The van der Waals surface area contributed by atoms with Crippen molar-refractivity contribution in [2.75, 3.05) is 7.05 Å². The maximum atomic E-state index is 3.41. The quantitative estimate of drug-likeness (QED) is 0.751. The van der Waals surface area contributed by atoms with Crippen LogP contribution in [0.25, 0.3) is 10.1 Å². The van der Waals surface area contributed by atoms with Gasteiger partial charge in [-0.1, -0.05) is 12.1 Å². The van der Waals surface area contributed by atoms with E-state index in [1.54, 1.807) is 11.1 Å². The molecule has 72 valence electrons. The molecular weight excluding hydrogens is 190 g/mol. The Labute approximate surface area is 87.8 Å². The van der Waals surface area contributed by atoms with E-state index in [0.29, 0.717) is 6.04 Å². The second-order valence-corrected chi connectivity index (χ2v) is 4.77. The standard InChI is InChI=1S/C12H13NS/c1-13-10-5-4-8-2-3-9-6-7-14-12(9)11(8)10/h2-3,6-7,10,13H,4-5H2,1H3. The molecule has 1 atom stereocenters. The minimum absolute atomic E-state index is 0.576. The third-order valence-corrected chi connectivity index (χ3v) is 4.11. The van der Waals surface area contributed by atoms with E-state index in [9.17, 15) is 0 Å².